The number of methoxy groups -OCH3 is 1. The Morgan fingerprint density at radius 1 is 1.33 bits per heavy atom. The van der Waals surface area contributed by atoms with Crippen molar-refractivity contribution in [2.24, 2.45) is 0 Å². The third kappa shape index (κ3) is 3.72. The number of nitrogens with one attached hydrogen (secondary N) is 1. The lowest BCUT2D eigenvalue weighted by Crippen LogP contribution is -2.24. The first-order valence-electron chi connectivity index (χ1n) is 6.32. The summed E-state index contributed by atoms with van der Waals surface area (Å²) in [5.41, 5.74) is 0.877. The number of anilines is 2. The molecule has 0 unspecified atom stereocenters. The molecule has 8 heteroatoms. The maximum absolute atomic E-state index is 11.8. The van der Waals surface area contributed by atoms with Gasteiger partial charge in [0.1, 0.15) is 0 Å². The Morgan fingerprint density at radius 2 is 2.05 bits per heavy atom. The van der Waals surface area contributed by atoms with Gasteiger partial charge in [0.25, 0.3) is 0 Å². The highest BCUT2D eigenvalue weighted by Crippen LogP contribution is 2.27. The van der Waals surface area contributed by atoms with Crippen LogP contribution < -0.4 is 9.62 Å². The van der Waals surface area contributed by atoms with Crippen LogP contribution in [0.2, 0.25) is 0 Å². The van der Waals surface area contributed by atoms with Gasteiger partial charge in [-0.05, 0) is 24.6 Å². The van der Waals surface area contributed by atoms with Gasteiger partial charge in [-0.2, -0.15) is 0 Å². The quantitative estimate of drug-likeness (QED) is 0.836. The third-order valence-electron chi connectivity index (χ3n) is 3.03. The monoisotopic (exact) mass is 312 g/mol. The minimum Gasteiger partial charge on any atom is -0.465 e. The molecule has 1 saturated heterocycles. The molecule has 1 N–H and O–H groups in total. The van der Waals surface area contributed by atoms with Gasteiger partial charge in [-0.25, -0.2) is 13.2 Å². The number of sulfonamides is 1. The normalized spacial score (nSPS) is 15.1. The second kappa shape index (κ2) is 5.72. The summed E-state index contributed by atoms with van der Waals surface area (Å²) in [6, 6.07) is 4.41. The van der Waals surface area contributed by atoms with Crippen LogP contribution in [-0.4, -0.2) is 40.2 Å². The van der Waals surface area contributed by atoms with Crippen LogP contribution in [0, 0.1) is 0 Å². The Bertz CT molecular complexity index is 684. The van der Waals surface area contributed by atoms with E-state index in [2.05, 4.69) is 9.46 Å². The molecule has 1 fully saturated rings. The van der Waals surface area contributed by atoms with Gasteiger partial charge in [0.15, 0.2) is 0 Å². The van der Waals surface area contributed by atoms with Crippen LogP contribution in [0.5, 0.6) is 0 Å². The van der Waals surface area contributed by atoms with Crippen LogP contribution >= 0.6 is 0 Å². The molecular weight excluding hydrogens is 296 g/mol. The third-order valence-corrected chi connectivity index (χ3v) is 3.63. The SMILES string of the molecule is COC(=O)c1cc(NS(C)(=O)=O)cc(N2CCCC2=O)c1. The first kappa shape index (κ1) is 15.3. The van der Waals surface area contributed by atoms with Crippen LogP contribution in [0.3, 0.4) is 0 Å². The van der Waals surface area contributed by atoms with E-state index >= 15 is 0 Å². The maximum atomic E-state index is 11.8. The second-order valence-corrected chi connectivity index (χ2v) is 6.53. The molecule has 2 rings (SSSR count). The highest BCUT2D eigenvalue weighted by atomic mass is 32.2. The molecular formula is C13H16N2O5S. The zero-order chi connectivity index (χ0) is 15.6. The van der Waals surface area contributed by atoms with Crippen molar-refractivity contribution in [3.8, 4) is 0 Å². The summed E-state index contributed by atoms with van der Waals surface area (Å²) in [4.78, 5) is 25.0. The summed E-state index contributed by atoms with van der Waals surface area (Å²) in [5, 5.41) is 0. The van der Waals surface area contributed by atoms with Gasteiger partial charge < -0.3 is 9.64 Å². The Kier molecular flexibility index (Phi) is 4.17. The minimum absolute atomic E-state index is 0.0534. The van der Waals surface area contributed by atoms with Crippen LogP contribution in [-0.2, 0) is 19.6 Å². The van der Waals surface area contributed by atoms with E-state index in [4.69, 9.17) is 0 Å². The van der Waals surface area contributed by atoms with E-state index in [1.165, 1.54) is 30.2 Å². The highest BCUT2D eigenvalue weighted by Gasteiger charge is 2.23. The molecule has 0 radical (unpaired) electrons. The Hall–Kier alpha value is -2.09. The fourth-order valence-electron chi connectivity index (χ4n) is 2.20. The van der Waals surface area contributed by atoms with Gasteiger partial charge in [-0.1, -0.05) is 0 Å². The van der Waals surface area contributed by atoms with Crippen LogP contribution in [0.15, 0.2) is 18.2 Å². The summed E-state index contributed by atoms with van der Waals surface area (Å²) in [6.07, 6.45) is 2.19. The summed E-state index contributed by atoms with van der Waals surface area (Å²) >= 11 is 0. The number of ether oxygens (including phenoxy) is 1. The fraction of sp³-hybridized carbons (Fsp3) is 0.385. The molecule has 0 aromatic heterocycles. The van der Waals surface area contributed by atoms with E-state index in [9.17, 15) is 18.0 Å². The molecule has 0 atom stereocenters. The molecule has 1 aliphatic rings. The first-order valence-corrected chi connectivity index (χ1v) is 8.21. The predicted octanol–water partition coefficient (Wildman–Crippen LogP) is 0.972. The van der Waals surface area contributed by atoms with Crippen LogP contribution in [0.4, 0.5) is 11.4 Å². The lowest BCUT2D eigenvalue weighted by atomic mass is 10.1. The van der Waals surface area contributed by atoms with Crippen LogP contribution in [0.1, 0.15) is 23.2 Å². The van der Waals surface area contributed by atoms with Crippen molar-refractivity contribution >= 4 is 33.3 Å². The second-order valence-electron chi connectivity index (χ2n) is 4.78. The smallest absolute Gasteiger partial charge is 0.337 e. The van der Waals surface area contributed by atoms with E-state index in [0.29, 0.717) is 18.7 Å². The molecule has 1 aliphatic heterocycles. The molecule has 1 aromatic rings. The zero-order valence-electron chi connectivity index (χ0n) is 11.8. The van der Waals surface area contributed by atoms with Crippen molar-refractivity contribution in [3.05, 3.63) is 23.8 Å². The van der Waals surface area contributed by atoms with Gasteiger partial charge in [0, 0.05) is 18.7 Å². The van der Waals surface area contributed by atoms with Crippen molar-refractivity contribution in [1.29, 1.82) is 0 Å². The van der Waals surface area contributed by atoms with Crippen molar-refractivity contribution in [2.45, 2.75) is 12.8 Å². The molecule has 1 amide bonds. The van der Waals surface area contributed by atoms with Crippen LogP contribution in [0.25, 0.3) is 0 Å². The van der Waals surface area contributed by atoms with Crippen molar-refractivity contribution < 1.29 is 22.7 Å². The summed E-state index contributed by atoms with van der Waals surface area (Å²) in [5.74, 6) is -0.651. The standard InChI is InChI=1S/C13H16N2O5S/c1-20-13(17)9-6-10(14-21(2,18)19)8-11(7-9)15-5-3-4-12(15)16/h6-8,14H,3-5H2,1-2H3. The summed E-state index contributed by atoms with van der Waals surface area (Å²) in [7, 11) is -2.25. The topological polar surface area (TPSA) is 92.8 Å². The number of amides is 1. The first-order chi connectivity index (χ1) is 9.80. The van der Waals surface area contributed by atoms with Crippen molar-refractivity contribution in [2.75, 3.05) is 29.5 Å². The predicted molar refractivity (Wildman–Crippen MR) is 77.8 cm³/mol. The van der Waals surface area contributed by atoms with Crippen molar-refractivity contribution in [3.63, 3.8) is 0 Å². The molecule has 0 aliphatic carbocycles. The number of nitrogens with zero attached hydrogens (tertiary/aromatic N) is 1. The maximum Gasteiger partial charge on any atom is 0.337 e. The largest absolute Gasteiger partial charge is 0.465 e. The highest BCUT2D eigenvalue weighted by molar-refractivity contribution is 7.92. The Labute approximate surface area is 122 Å². The molecule has 1 heterocycles. The molecule has 0 saturated carbocycles. The number of carbonyl (C=O) groups is 2. The summed E-state index contributed by atoms with van der Waals surface area (Å²) < 4.78 is 29.6. The molecule has 0 spiro atoms. The minimum atomic E-state index is -3.49. The lowest BCUT2D eigenvalue weighted by molar-refractivity contribution is -0.117. The van der Waals surface area contributed by atoms with E-state index in [0.717, 1.165) is 12.7 Å². The van der Waals surface area contributed by atoms with E-state index in [-0.39, 0.29) is 17.2 Å². The van der Waals surface area contributed by atoms with Gasteiger partial charge in [0.05, 0.1) is 24.6 Å². The molecule has 7 nitrogen and oxygen atoms in total. The summed E-state index contributed by atoms with van der Waals surface area (Å²) in [6.45, 7) is 0.543. The number of esters is 1. The van der Waals surface area contributed by atoms with Crippen molar-refractivity contribution in [1.82, 2.24) is 0 Å². The van der Waals surface area contributed by atoms with E-state index in [1.807, 2.05) is 0 Å². The molecule has 1 aromatic carbocycles. The number of rotatable bonds is 4. The van der Waals surface area contributed by atoms with E-state index in [1.54, 1.807) is 0 Å². The lowest BCUT2D eigenvalue weighted by Gasteiger charge is -2.18. The number of carbonyl (C=O) groups excluding carboxylic acids is 2. The molecule has 21 heavy (non-hydrogen) atoms. The molecule has 114 valence electrons. The average molecular weight is 312 g/mol. The number of hydrogen-bond donors (Lipinski definition) is 1. The van der Waals surface area contributed by atoms with Gasteiger partial charge in [0.2, 0.25) is 15.9 Å². The van der Waals surface area contributed by atoms with E-state index < -0.39 is 16.0 Å². The Balaban J connectivity index is 2.46. The fourth-order valence-corrected chi connectivity index (χ4v) is 2.74. The average Bonchev–Trinajstić information content (AvgIpc) is 2.81. The van der Waals surface area contributed by atoms with Gasteiger partial charge in [-0.3, -0.25) is 9.52 Å². The number of hydrogen-bond acceptors (Lipinski definition) is 5. The zero-order valence-corrected chi connectivity index (χ0v) is 12.6. The number of benzene rings is 1. The molecule has 0 bridgehead atoms. The van der Waals surface area contributed by atoms with Gasteiger partial charge >= 0.3 is 5.97 Å². The Morgan fingerprint density at radius 3 is 2.57 bits per heavy atom. The van der Waals surface area contributed by atoms with Gasteiger partial charge in [-0.15, -0.1) is 0 Å².